The standard InChI is InChI=1S/C18H25N3O2/c1-4-5-6-16-11-21(12-17(23-16)13(2)3)18(22)14-7-8-15(9-19)20-10-14/h7-8,10,13,16-17H,4-6,11-12H2,1-3H3/t16-,17-/m1/s1. The average molecular weight is 315 g/mol. The third-order valence-corrected chi connectivity index (χ3v) is 4.23. The number of carbonyl (C=O) groups excluding carboxylic acids is 1. The third kappa shape index (κ3) is 4.52. The van der Waals surface area contributed by atoms with Gasteiger partial charge in [0.25, 0.3) is 5.91 Å². The molecule has 0 aromatic carbocycles. The Hall–Kier alpha value is -1.93. The zero-order valence-electron chi connectivity index (χ0n) is 14.2. The van der Waals surface area contributed by atoms with Gasteiger partial charge in [0.2, 0.25) is 0 Å². The number of nitriles is 1. The number of carbonyl (C=O) groups is 1. The summed E-state index contributed by atoms with van der Waals surface area (Å²) >= 11 is 0. The van der Waals surface area contributed by atoms with Crippen molar-refractivity contribution in [2.24, 2.45) is 5.92 Å². The quantitative estimate of drug-likeness (QED) is 0.837. The lowest BCUT2D eigenvalue weighted by atomic mass is 10.0. The van der Waals surface area contributed by atoms with Crippen LogP contribution in [0.2, 0.25) is 0 Å². The van der Waals surface area contributed by atoms with E-state index >= 15 is 0 Å². The van der Waals surface area contributed by atoms with E-state index in [1.54, 1.807) is 12.1 Å². The number of nitrogens with zero attached hydrogens (tertiary/aromatic N) is 3. The first-order valence-electron chi connectivity index (χ1n) is 8.36. The lowest BCUT2D eigenvalue weighted by Gasteiger charge is -2.40. The van der Waals surface area contributed by atoms with Gasteiger partial charge in [-0.2, -0.15) is 5.26 Å². The molecule has 0 radical (unpaired) electrons. The summed E-state index contributed by atoms with van der Waals surface area (Å²) in [5, 5.41) is 8.80. The van der Waals surface area contributed by atoms with Crippen molar-refractivity contribution in [3.8, 4) is 6.07 Å². The summed E-state index contributed by atoms with van der Waals surface area (Å²) in [6, 6.07) is 5.23. The van der Waals surface area contributed by atoms with E-state index in [-0.39, 0.29) is 18.1 Å². The molecule has 5 heteroatoms. The van der Waals surface area contributed by atoms with Gasteiger partial charge in [0, 0.05) is 19.3 Å². The fraction of sp³-hybridized carbons (Fsp3) is 0.611. The zero-order valence-corrected chi connectivity index (χ0v) is 14.2. The molecule has 1 fully saturated rings. The van der Waals surface area contributed by atoms with Crippen LogP contribution in [0, 0.1) is 17.2 Å². The van der Waals surface area contributed by atoms with Gasteiger partial charge in [-0.3, -0.25) is 4.79 Å². The maximum atomic E-state index is 12.7. The van der Waals surface area contributed by atoms with Crippen LogP contribution in [0.3, 0.4) is 0 Å². The summed E-state index contributed by atoms with van der Waals surface area (Å²) in [6.45, 7) is 7.65. The van der Waals surface area contributed by atoms with Crippen LogP contribution in [0.1, 0.15) is 56.1 Å². The highest BCUT2D eigenvalue weighted by Gasteiger charge is 2.32. The topological polar surface area (TPSA) is 66.2 Å². The molecule has 23 heavy (non-hydrogen) atoms. The second-order valence-electron chi connectivity index (χ2n) is 6.44. The predicted octanol–water partition coefficient (Wildman–Crippen LogP) is 3.01. The van der Waals surface area contributed by atoms with Gasteiger partial charge in [-0.05, 0) is 24.5 Å². The molecule has 1 aromatic rings. The summed E-state index contributed by atoms with van der Waals surface area (Å²) in [5.74, 6) is 0.339. The van der Waals surface area contributed by atoms with Gasteiger partial charge in [-0.1, -0.05) is 33.6 Å². The van der Waals surface area contributed by atoms with E-state index in [1.807, 2.05) is 11.0 Å². The highest BCUT2D eigenvalue weighted by atomic mass is 16.5. The van der Waals surface area contributed by atoms with E-state index in [1.165, 1.54) is 6.20 Å². The van der Waals surface area contributed by atoms with Gasteiger partial charge < -0.3 is 9.64 Å². The molecule has 2 atom stereocenters. The van der Waals surface area contributed by atoms with Crippen LogP contribution in [-0.4, -0.2) is 41.1 Å². The van der Waals surface area contributed by atoms with Gasteiger partial charge in [0.05, 0.1) is 17.8 Å². The molecule has 0 N–H and O–H groups in total. The van der Waals surface area contributed by atoms with Crippen LogP contribution in [0.15, 0.2) is 18.3 Å². The molecule has 0 aliphatic carbocycles. The molecule has 0 spiro atoms. The second kappa shape index (κ2) is 8.07. The molecule has 1 aromatic heterocycles. The molecule has 0 saturated carbocycles. The number of unbranched alkanes of at least 4 members (excludes halogenated alkanes) is 1. The molecule has 124 valence electrons. The SMILES string of the molecule is CCCC[C@@H]1CN(C(=O)c2ccc(C#N)nc2)C[C@H](C(C)C)O1. The number of morpholine rings is 1. The van der Waals surface area contributed by atoms with Gasteiger partial charge in [-0.15, -0.1) is 0 Å². The lowest BCUT2D eigenvalue weighted by molar-refractivity contribution is -0.0962. The Labute approximate surface area is 138 Å². The number of hydrogen-bond acceptors (Lipinski definition) is 4. The number of ether oxygens (including phenoxy) is 1. The molecule has 2 heterocycles. The molecule has 1 amide bonds. The van der Waals surface area contributed by atoms with Gasteiger partial charge in [0.15, 0.2) is 0 Å². The Bertz CT molecular complexity index is 563. The maximum absolute atomic E-state index is 12.7. The Morgan fingerprint density at radius 3 is 2.83 bits per heavy atom. The lowest BCUT2D eigenvalue weighted by Crippen LogP contribution is -2.51. The Morgan fingerprint density at radius 1 is 1.48 bits per heavy atom. The first kappa shape index (κ1) is 17.4. The van der Waals surface area contributed by atoms with Crippen molar-refractivity contribution in [3.05, 3.63) is 29.6 Å². The van der Waals surface area contributed by atoms with Crippen LogP contribution < -0.4 is 0 Å². The molecule has 2 rings (SSSR count). The smallest absolute Gasteiger partial charge is 0.255 e. The normalized spacial score (nSPS) is 21.3. The van der Waals surface area contributed by atoms with Crippen LogP contribution in [0.5, 0.6) is 0 Å². The van der Waals surface area contributed by atoms with E-state index in [0.717, 1.165) is 19.3 Å². The first-order chi connectivity index (χ1) is 11.0. The number of hydrogen-bond donors (Lipinski definition) is 0. The summed E-state index contributed by atoms with van der Waals surface area (Å²) in [5.41, 5.74) is 0.854. The molecule has 1 aliphatic heterocycles. The van der Waals surface area contributed by atoms with Crippen molar-refractivity contribution in [2.45, 2.75) is 52.2 Å². The molecule has 0 unspecified atom stereocenters. The first-order valence-corrected chi connectivity index (χ1v) is 8.36. The Kier molecular flexibility index (Phi) is 6.12. The molecule has 0 bridgehead atoms. The van der Waals surface area contributed by atoms with Crippen LogP contribution >= 0.6 is 0 Å². The molecular weight excluding hydrogens is 290 g/mol. The van der Waals surface area contributed by atoms with E-state index in [9.17, 15) is 4.79 Å². The minimum Gasteiger partial charge on any atom is -0.371 e. The van der Waals surface area contributed by atoms with Crippen molar-refractivity contribution in [3.63, 3.8) is 0 Å². The van der Waals surface area contributed by atoms with E-state index < -0.39 is 0 Å². The minimum absolute atomic E-state index is 0.0301. The van der Waals surface area contributed by atoms with E-state index in [2.05, 4.69) is 25.8 Å². The summed E-state index contributed by atoms with van der Waals surface area (Å²) in [7, 11) is 0. The van der Waals surface area contributed by atoms with Gasteiger partial charge >= 0.3 is 0 Å². The molecule has 1 aliphatic rings. The van der Waals surface area contributed by atoms with Crippen LogP contribution in [0.25, 0.3) is 0 Å². The average Bonchev–Trinajstić information content (AvgIpc) is 2.59. The monoisotopic (exact) mass is 315 g/mol. The van der Waals surface area contributed by atoms with Gasteiger partial charge in [-0.25, -0.2) is 4.98 Å². The predicted molar refractivity (Wildman–Crippen MR) is 87.9 cm³/mol. The van der Waals surface area contributed by atoms with Crippen molar-refractivity contribution in [1.82, 2.24) is 9.88 Å². The van der Waals surface area contributed by atoms with Crippen molar-refractivity contribution >= 4 is 5.91 Å². The largest absolute Gasteiger partial charge is 0.371 e. The zero-order chi connectivity index (χ0) is 16.8. The Balaban J connectivity index is 2.11. The van der Waals surface area contributed by atoms with E-state index in [4.69, 9.17) is 10.00 Å². The number of aromatic nitrogens is 1. The third-order valence-electron chi connectivity index (χ3n) is 4.23. The van der Waals surface area contributed by atoms with Crippen molar-refractivity contribution < 1.29 is 9.53 Å². The number of amides is 1. The maximum Gasteiger partial charge on any atom is 0.255 e. The fourth-order valence-corrected chi connectivity index (χ4v) is 2.76. The summed E-state index contributed by atoms with van der Waals surface area (Å²) in [4.78, 5) is 18.6. The fourth-order valence-electron chi connectivity index (χ4n) is 2.76. The van der Waals surface area contributed by atoms with Crippen LogP contribution in [0.4, 0.5) is 0 Å². The summed E-state index contributed by atoms with van der Waals surface area (Å²) < 4.78 is 6.15. The molecular formula is C18H25N3O2. The molecule has 1 saturated heterocycles. The highest BCUT2D eigenvalue weighted by molar-refractivity contribution is 5.94. The number of rotatable bonds is 5. The Morgan fingerprint density at radius 2 is 2.26 bits per heavy atom. The number of pyridine rings is 1. The summed E-state index contributed by atoms with van der Waals surface area (Å²) in [6.07, 6.45) is 4.87. The minimum atomic E-state index is -0.0301. The van der Waals surface area contributed by atoms with Crippen molar-refractivity contribution in [2.75, 3.05) is 13.1 Å². The highest BCUT2D eigenvalue weighted by Crippen LogP contribution is 2.22. The van der Waals surface area contributed by atoms with Crippen molar-refractivity contribution in [1.29, 1.82) is 5.26 Å². The van der Waals surface area contributed by atoms with Gasteiger partial charge in [0.1, 0.15) is 11.8 Å². The van der Waals surface area contributed by atoms with E-state index in [0.29, 0.717) is 30.3 Å². The van der Waals surface area contributed by atoms with Crippen LogP contribution in [-0.2, 0) is 4.74 Å². The second-order valence-corrected chi connectivity index (χ2v) is 6.44. The molecule has 5 nitrogen and oxygen atoms in total.